The lowest BCUT2D eigenvalue weighted by Crippen LogP contribution is -2.32. The number of ether oxygens (including phenoxy) is 1. The Bertz CT molecular complexity index is 1130. The predicted molar refractivity (Wildman–Crippen MR) is 118 cm³/mol. The van der Waals surface area contributed by atoms with E-state index in [9.17, 15) is 14.4 Å². The summed E-state index contributed by atoms with van der Waals surface area (Å²) in [6.07, 6.45) is 1.28. The van der Waals surface area contributed by atoms with E-state index in [0.717, 1.165) is 5.56 Å². The number of nitrogens with one attached hydrogen (secondary N) is 2. The Hall–Kier alpha value is -3.97. The molecule has 156 valence electrons. The van der Waals surface area contributed by atoms with E-state index in [1.54, 1.807) is 60.7 Å². The maximum Gasteiger partial charge on any atom is 0.343 e. The number of esters is 1. The molecule has 0 saturated carbocycles. The summed E-state index contributed by atoms with van der Waals surface area (Å²) in [7, 11) is 0. The first kappa shape index (κ1) is 21.7. The summed E-state index contributed by atoms with van der Waals surface area (Å²) in [6.45, 7) is 1.91. The van der Waals surface area contributed by atoms with Gasteiger partial charge in [-0.25, -0.2) is 10.2 Å². The zero-order chi connectivity index (χ0) is 22.2. The van der Waals surface area contributed by atoms with Crippen LogP contribution in [-0.2, 0) is 9.59 Å². The molecule has 0 aliphatic rings. The molecule has 0 unspecified atom stereocenters. The summed E-state index contributed by atoms with van der Waals surface area (Å²) in [5.41, 5.74) is 4.43. The number of amides is 2. The fraction of sp³-hybridized carbons (Fsp3) is 0.0435. The van der Waals surface area contributed by atoms with Crippen LogP contribution in [0.25, 0.3) is 0 Å². The third kappa shape index (κ3) is 6.25. The SMILES string of the molecule is Cc1ccc(NC(=O)C(=O)N/N=C/c2ccccc2OC(=O)c2ccc(Cl)cc2)cc1. The van der Waals surface area contributed by atoms with Crippen LogP contribution in [0.4, 0.5) is 5.69 Å². The van der Waals surface area contributed by atoms with E-state index >= 15 is 0 Å². The lowest BCUT2D eigenvalue weighted by Gasteiger charge is -2.07. The van der Waals surface area contributed by atoms with Crippen molar-refractivity contribution in [2.45, 2.75) is 6.92 Å². The van der Waals surface area contributed by atoms with Gasteiger partial charge in [0, 0.05) is 16.3 Å². The number of carbonyl (C=O) groups excluding carboxylic acids is 3. The van der Waals surface area contributed by atoms with Crippen LogP contribution in [0.1, 0.15) is 21.5 Å². The number of benzene rings is 3. The summed E-state index contributed by atoms with van der Waals surface area (Å²) >= 11 is 5.83. The van der Waals surface area contributed by atoms with Crippen LogP contribution in [0.5, 0.6) is 5.75 Å². The second kappa shape index (κ2) is 10.2. The molecular weight excluding hydrogens is 418 g/mol. The molecule has 3 rings (SSSR count). The van der Waals surface area contributed by atoms with Gasteiger partial charge >= 0.3 is 17.8 Å². The summed E-state index contributed by atoms with van der Waals surface area (Å²) in [4.78, 5) is 36.2. The van der Waals surface area contributed by atoms with Crippen LogP contribution >= 0.6 is 11.6 Å². The second-order valence-corrected chi connectivity index (χ2v) is 6.89. The Morgan fingerprint density at radius 1 is 0.903 bits per heavy atom. The maximum atomic E-state index is 12.3. The van der Waals surface area contributed by atoms with Gasteiger partial charge in [-0.2, -0.15) is 5.10 Å². The smallest absolute Gasteiger partial charge is 0.343 e. The van der Waals surface area contributed by atoms with Crippen LogP contribution in [0.2, 0.25) is 5.02 Å². The van der Waals surface area contributed by atoms with Crippen molar-refractivity contribution in [1.29, 1.82) is 0 Å². The van der Waals surface area contributed by atoms with Gasteiger partial charge in [0.2, 0.25) is 0 Å². The maximum absolute atomic E-state index is 12.3. The molecule has 0 spiro atoms. The zero-order valence-corrected chi connectivity index (χ0v) is 17.2. The molecule has 0 bridgehead atoms. The van der Waals surface area contributed by atoms with Gasteiger partial charge in [-0.15, -0.1) is 0 Å². The molecule has 0 fully saturated rings. The number of aryl methyl sites for hydroxylation is 1. The van der Waals surface area contributed by atoms with Crippen LogP contribution in [0.3, 0.4) is 0 Å². The highest BCUT2D eigenvalue weighted by Crippen LogP contribution is 2.18. The minimum absolute atomic E-state index is 0.240. The summed E-state index contributed by atoms with van der Waals surface area (Å²) in [5, 5.41) is 6.76. The Kier molecular flexibility index (Phi) is 7.13. The van der Waals surface area contributed by atoms with Gasteiger partial charge in [-0.1, -0.05) is 41.4 Å². The standard InChI is InChI=1S/C23H18ClN3O4/c1-15-6-12-19(13-7-15)26-21(28)22(29)27-25-14-17-4-2-3-5-20(17)31-23(30)16-8-10-18(24)11-9-16/h2-14H,1H3,(H,26,28)(H,27,29)/b25-14+. The first-order chi connectivity index (χ1) is 14.9. The minimum atomic E-state index is -0.938. The Morgan fingerprint density at radius 2 is 1.58 bits per heavy atom. The number of hydrogen-bond acceptors (Lipinski definition) is 5. The van der Waals surface area contributed by atoms with Gasteiger partial charge in [-0.05, 0) is 55.5 Å². The van der Waals surface area contributed by atoms with Crippen LogP contribution in [0.15, 0.2) is 77.9 Å². The average molecular weight is 436 g/mol. The quantitative estimate of drug-likeness (QED) is 0.208. The van der Waals surface area contributed by atoms with Crippen molar-refractivity contribution in [2.75, 3.05) is 5.32 Å². The Morgan fingerprint density at radius 3 is 2.29 bits per heavy atom. The van der Waals surface area contributed by atoms with Crippen molar-refractivity contribution in [3.05, 3.63) is 94.5 Å². The number of anilines is 1. The number of hydrazone groups is 1. The van der Waals surface area contributed by atoms with Crippen molar-refractivity contribution in [3.63, 3.8) is 0 Å². The lowest BCUT2D eigenvalue weighted by atomic mass is 10.2. The molecule has 0 heterocycles. The molecular formula is C23H18ClN3O4. The number of para-hydroxylation sites is 1. The highest BCUT2D eigenvalue weighted by atomic mass is 35.5. The van der Waals surface area contributed by atoms with Gasteiger partial charge in [0.1, 0.15) is 5.75 Å². The molecule has 3 aromatic rings. The van der Waals surface area contributed by atoms with E-state index in [4.69, 9.17) is 16.3 Å². The molecule has 0 radical (unpaired) electrons. The van der Waals surface area contributed by atoms with E-state index in [1.165, 1.54) is 6.21 Å². The van der Waals surface area contributed by atoms with Gasteiger partial charge in [0.05, 0.1) is 11.8 Å². The van der Waals surface area contributed by atoms with E-state index in [1.807, 2.05) is 19.1 Å². The fourth-order valence-corrected chi connectivity index (χ4v) is 2.59. The minimum Gasteiger partial charge on any atom is -0.422 e. The van der Waals surface area contributed by atoms with E-state index < -0.39 is 17.8 Å². The van der Waals surface area contributed by atoms with Crippen LogP contribution in [0, 0.1) is 6.92 Å². The van der Waals surface area contributed by atoms with Gasteiger partial charge in [0.25, 0.3) is 0 Å². The molecule has 0 aliphatic carbocycles. The summed E-state index contributed by atoms with van der Waals surface area (Å²) in [6, 6.07) is 19.9. The first-order valence-electron chi connectivity index (χ1n) is 9.20. The van der Waals surface area contributed by atoms with E-state index in [0.29, 0.717) is 21.8 Å². The highest BCUT2D eigenvalue weighted by molar-refractivity contribution is 6.39. The van der Waals surface area contributed by atoms with Crippen LogP contribution < -0.4 is 15.5 Å². The number of hydrogen-bond donors (Lipinski definition) is 2. The number of halogens is 1. The predicted octanol–water partition coefficient (Wildman–Crippen LogP) is 3.96. The fourth-order valence-electron chi connectivity index (χ4n) is 2.46. The molecule has 2 N–H and O–H groups in total. The molecule has 0 atom stereocenters. The lowest BCUT2D eigenvalue weighted by molar-refractivity contribution is -0.136. The third-order valence-corrected chi connectivity index (χ3v) is 4.34. The molecule has 31 heavy (non-hydrogen) atoms. The van der Waals surface area contributed by atoms with Gasteiger partial charge < -0.3 is 10.1 Å². The average Bonchev–Trinajstić information content (AvgIpc) is 2.76. The monoisotopic (exact) mass is 435 g/mol. The van der Waals surface area contributed by atoms with Crippen LogP contribution in [-0.4, -0.2) is 24.0 Å². The van der Waals surface area contributed by atoms with Crippen molar-refractivity contribution in [1.82, 2.24) is 5.43 Å². The summed E-state index contributed by atoms with van der Waals surface area (Å²) in [5.74, 6) is -2.13. The normalized spacial score (nSPS) is 10.5. The second-order valence-electron chi connectivity index (χ2n) is 6.45. The molecule has 2 amide bonds. The molecule has 0 aromatic heterocycles. The van der Waals surface area contributed by atoms with E-state index in [-0.39, 0.29) is 5.75 Å². The third-order valence-electron chi connectivity index (χ3n) is 4.09. The number of carbonyl (C=O) groups is 3. The zero-order valence-electron chi connectivity index (χ0n) is 16.5. The molecule has 7 nitrogen and oxygen atoms in total. The van der Waals surface area contributed by atoms with Crippen molar-refractivity contribution >= 4 is 41.3 Å². The molecule has 0 saturated heterocycles. The molecule has 0 aliphatic heterocycles. The summed E-state index contributed by atoms with van der Waals surface area (Å²) < 4.78 is 5.40. The van der Waals surface area contributed by atoms with Gasteiger partial charge in [-0.3, -0.25) is 9.59 Å². The van der Waals surface area contributed by atoms with Crippen molar-refractivity contribution in [2.24, 2.45) is 5.10 Å². The van der Waals surface area contributed by atoms with E-state index in [2.05, 4.69) is 15.8 Å². The Labute approximate surface area is 183 Å². The van der Waals surface area contributed by atoms with Crippen molar-refractivity contribution in [3.8, 4) is 5.75 Å². The Balaban J connectivity index is 1.61. The first-order valence-corrected chi connectivity index (χ1v) is 9.58. The molecule has 3 aromatic carbocycles. The largest absolute Gasteiger partial charge is 0.422 e. The highest BCUT2D eigenvalue weighted by Gasteiger charge is 2.13. The molecule has 8 heteroatoms. The number of nitrogens with zero attached hydrogens (tertiary/aromatic N) is 1. The van der Waals surface area contributed by atoms with Crippen molar-refractivity contribution < 1.29 is 19.1 Å². The number of rotatable bonds is 5. The van der Waals surface area contributed by atoms with Gasteiger partial charge in [0.15, 0.2) is 0 Å². The topological polar surface area (TPSA) is 96.9 Å².